The highest BCUT2D eigenvalue weighted by Crippen LogP contribution is 2.33. The molecule has 0 radical (unpaired) electrons. The molecule has 19 heavy (non-hydrogen) atoms. The number of pyridine rings is 1. The molecule has 1 heterocycles. The van der Waals surface area contributed by atoms with Gasteiger partial charge in [-0.05, 0) is 31.0 Å². The minimum absolute atomic E-state index is 0.642. The van der Waals surface area contributed by atoms with Gasteiger partial charge in [-0.25, -0.2) is 9.78 Å². The van der Waals surface area contributed by atoms with Gasteiger partial charge in [-0.1, -0.05) is 31.0 Å². The fraction of sp³-hybridized carbons (Fsp3) is 0.333. The third-order valence-electron chi connectivity index (χ3n) is 3.83. The molecular formula is C15H16N2O2. The van der Waals surface area contributed by atoms with E-state index in [-0.39, 0.29) is 0 Å². The van der Waals surface area contributed by atoms with E-state index in [9.17, 15) is 9.90 Å². The van der Waals surface area contributed by atoms with Crippen LogP contribution in [-0.4, -0.2) is 21.6 Å². The summed E-state index contributed by atoms with van der Waals surface area (Å²) in [5.74, 6) is -0.136. The van der Waals surface area contributed by atoms with Crippen LogP contribution in [-0.2, 0) is 4.79 Å². The molecule has 2 N–H and O–H groups in total. The summed E-state index contributed by atoms with van der Waals surface area (Å²) in [7, 11) is 0. The van der Waals surface area contributed by atoms with Crippen molar-refractivity contribution in [1.82, 2.24) is 4.98 Å². The van der Waals surface area contributed by atoms with Gasteiger partial charge in [0.1, 0.15) is 11.4 Å². The number of para-hydroxylation sites is 1. The van der Waals surface area contributed by atoms with Gasteiger partial charge in [0.15, 0.2) is 0 Å². The molecule has 0 spiro atoms. The van der Waals surface area contributed by atoms with Gasteiger partial charge in [-0.3, -0.25) is 0 Å². The van der Waals surface area contributed by atoms with Crippen molar-refractivity contribution in [3.05, 3.63) is 36.4 Å². The lowest BCUT2D eigenvalue weighted by Gasteiger charge is -2.26. The molecule has 0 amide bonds. The van der Waals surface area contributed by atoms with Crippen molar-refractivity contribution in [2.75, 3.05) is 5.32 Å². The lowest BCUT2D eigenvalue weighted by molar-refractivity contribution is -0.142. The predicted octanol–water partition coefficient (Wildman–Crippen LogP) is 3.04. The molecule has 1 saturated carbocycles. The van der Waals surface area contributed by atoms with E-state index in [0.29, 0.717) is 18.7 Å². The van der Waals surface area contributed by atoms with Crippen LogP contribution in [0.2, 0.25) is 0 Å². The van der Waals surface area contributed by atoms with Gasteiger partial charge in [0.05, 0.1) is 5.52 Å². The van der Waals surface area contributed by atoms with Crippen molar-refractivity contribution in [1.29, 1.82) is 0 Å². The number of aromatic nitrogens is 1. The van der Waals surface area contributed by atoms with Gasteiger partial charge >= 0.3 is 5.97 Å². The quantitative estimate of drug-likeness (QED) is 0.886. The predicted molar refractivity (Wildman–Crippen MR) is 74.2 cm³/mol. The van der Waals surface area contributed by atoms with Crippen molar-refractivity contribution in [2.24, 2.45) is 0 Å². The number of nitrogens with one attached hydrogen (secondary N) is 1. The zero-order chi connectivity index (χ0) is 13.3. The highest BCUT2D eigenvalue weighted by Gasteiger charge is 2.41. The Morgan fingerprint density at radius 3 is 2.63 bits per heavy atom. The van der Waals surface area contributed by atoms with E-state index in [0.717, 1.165) is 23.7 Å². The van der Waals surface area contributed by atoms with Crippen LogP contribution in [0.25, 0.3) is 10.9 Å². The molecule has 0 atom stereocenters. The van der Waals surface area contributed by atoms with Crippen LogP contribution in [0, 0.1) is 0 Å². The Morgan fingerprint density at radius 1 is 1.16 bits per heavy atom. The second-order valence-corrected chi connectivity index (χ2v) is 5.11. The second-order valence-electron chi connectivity index (χ2n) is 5.11. The summed E-state index contributed by atoms with van der Waals surface area (Å²) >= 11 is 0. The Kier molecular flexibility index (Phi) is 2.85. The molecule has 0 aliphatic heterocycles. The molecule has 4 heteroatoms. The Morgan fingerprint density at radius 2 is 1.89 bits per heavy atom. The van der Waals surface area contributed by atoms with Crippen LogP contribution in [0.4, 0.5) is 5.82 Å². The van der Waals surface area contributed by atoms with Gasteiger partial charge in [0.2, 0.25) is 0 Å². The number of carbonyl (C=O) groups is 1. The number of rotatable bonds is 3. The number of fused-ring (bicyclic) bond motifs is 1. The highest BCUT2D eigenvalue weighted by atomic mass is 16.4. The lowest BCUT2D eigenvalue weighted by Crippen LogP contribution is -2.43. The first kappa shape index (κ1) is 12.0. The van der Waals surface area contributed by atoms with E-state index in [1.165, 1.54) is 0 Å². The van der Waals surface area contributed by atoms with Gasteiger partial charge in [-0.2, -0.15) is 0 Å². The first-order valence-electron chi connectivity index (χ1n) is 6.57. The van der Waals surface area contributed by atoms with Crippen molar-refractivity contribution < 1.29 is 9.90 Å². The summed E-state index contributed by atoms with van der Waals surface area (Å²) in [6, 6.07) is 11.6. The summed E-state index contributed by atoms with van der Waals surface area (Å²) in [6.07, 6.45) is 3.23. The number of benzene rings is 1. The Bertz CT molecular complexity index is 618. The first-order chi connectivity index (χ1) is 9.20. The first-order valence-corrected chi connectivity index (χ1v) is 6.57. The number of aliphatic carboxylic acids is 1. The zero-order valence-corrected chi connectivity index (χ0v) is 10.6. The fourth-order valence-electron chi connectivity index (χ4n) is 2.75. The molecule has 1 aromatic heterocycles. The van der Waals surface area contributed by atoms with E-state index < -0.39 is 11.5 Å². The Hall–Kier alpha value is -2.10. The van der Waals surface area contributed by atoms with Crippen molar-refractivity contribution >= 4 is 22.7 Å². The van der Waals surface area contributed by atoms with E-state index in [4.69, 9.17) is 0 Å². The summed E-state index contributed by atoms with van der Waals surface area (Å²) in [5, 5.41) is 13.6. The van der Waals surface area contributed by atoms with E-state index in [1.807, 2.05) is 36.4 Å². The van der Waals surface area contributed by atoms with Crippen LogP contribution in [0.5, 0.6) is 0 Å². The SMILES string of the molecule is O=C(O)C1(Nc2ccc3ccccc3n2)CCCC1. The lowest BCUT2D eigenvalue weighted by atomic mass is 9.98. The number of hydrogen-bond donors (Lipinski definition) is 2. The molecule has 98 valence electrons. The normalized spacial score (nSPS) is 17.5. The molecule has 0 unspecified atom stereocenters. The Labute approximate surface area is 111 Å². The van der Waals surface area contributed by atoms with Crippen LogP contribution in [0.1, 0.15) is 25.7 Å². The van der Waals surface area contributed by atoms with E-state index >= 15 is 0 Å². The average Bonchev–Trinajstić information content (AvgIpc) is 2.88. The maximum Gasteiger partial charge on any atom is 0.329 e. The van der Waals surface area contributed by atoms with Gasteiger partial charge in [0.25, 0.3) is 0 Å². The van der Waals surface area contributed by atoms with Gasteiger partial charge < -0.3 is 10.4 Å². The number of anilines is 1. The topological polar surface area (TPSA) is 62.2 Å². The maximum atomic E-state index is 11.5. The number of carboxylic acids is 1. The average molecular weight is 256 g/mol. The minimum atomic E-state index is -0.838. The molecular weight excluding hydrogens is 240 g/mol. The van der Waals surface area contributed by atoms with Crippen molar-refractivity contribution in [3.63, 3.8) is 0 Å². The smallest absolute Gasteiger partial charge is 0.329 e. The Balaban J connectivity index is 1.94. The molecule has 2 aromatic rings. The molecule has 1 aromatic carbocycles. The standard InChI is InChI=1S/C15H16N2O2/c18-14(19)15(9-3-4-10-15)17-13-8-7-11-5-1-2-6-12(11)16-13/h1-2,5-8H,3-4,9-10H2,(H,16,17)(H,18,19). The molecule has 3 rings (SSSR count). The van der Waals surface area contributed by atoms with Crippen molar-refractivity contribution in [2.45, 2.75) is 31.2 Å². The summed E-state index contributed by atoms with van der Waals surface area (Å²) in [5.41, 5.74) is 0.0427. The minimum Gasteiger partial charge on any atom is -0.480 e. The van der Waals surface area contributed by atoms with Crippen LogP contribution < -0.4 is 5.32 Å². The number of nitrogens with zero attached hydrogens (tertiary/aromatic N) is 1. The summed E-state index contributed by atoms with van der Waals surface area (Å²) in [4.78, 5) is 16.0. The van der Waals surface area contributed by atoms with Crippen LogP contribution >= 0.6 is 0 Å². The largest absolute Gasteiger partial charge is 0.480 e. The maximum absolute atomic E-state index is 11.5. The van der Waals surface area contributed by atoms with Crippen LogP contribution in [0.15, 0.2) is 36.4 Å². The molecule has 1 aliphatic carbocycles. The highest BCUT2D eigenvalue weighted by molar-refractivity contribution is 5.84. The molecule has 1 fully saturated rings. The fourth-order valence-corrected chi connectivity index (χ4v) is 2.75. The number of hydrogen-bond acceptors (Lipinski definition) is 3. The molecule has 0 saturated heterocycles. The van der Waals surface area contributed by atoms with Crippen molar-refractivity contribution in [3.8, 4) is 0 Å². The van der Waals surface area contributed by atoms with Gasteiger partial charge in [0, 0.05) is 5.39 Å². The zero-order valence-electron chi connectivity index (χ0n) is 10.6. The summed E-state index contributed by atoms with van der Waals surface area (Å²) < 4.78 is 0. The molecule has 0 bridgehead atoms. The monoisotopic (exact) mass is 256 g/mol. The third kappa shape index (κ3) is 2.14. The summed E-state index contributed by atoms with van der Waals surface area (Å²) in [6.45, 7) is 0. The second kappa shape index (κ2) is 4.53. The van der Waals surface area contributed by atoms with Crippen LogP contribution in [0.3, 0.4) is 0 Å². The van der Waals surface area contributed by atoms with Gasteiger partial charge in [-0.15, -0.1) is 0 Å². The van der Waals surface area contributed by atoms with E-state index in [2.05, 4.69) is 10.3 Å². The molecule has 1 aliphatic rings. The third-order valence-corrected chi connectivity index (χ3v) is 3.83. The van der Waals surface area contributed by atoms with E-state index in [1.54, 1.807) is 0 Å². The molecule has 4 nitrogen and oxygen atoms in total. The number of carboxylic acid groups (broad SMARTS) is 1.